The van der Waals surface area contributed by atoms with Crippen molar-refractivity contribution in [2.75, 3.05) is 6.54 Å². The Labute approximate surface area is 88.9 Å². The molecule has 5 nitrogen and oxygen atoms in total. The monoisotopic (exact) mass is 211 g/mol. The first kappa shape index (κ1) is 11.7. The maximum absolute atomic E-state index is 11.6. The summed E-state index contributed by atoms with van der Waals surface area (Å²) in [5.41, 5.74) is 6.16. The molecule has 84 valence electrons. The van der Waals surface area contributed by atoms with Crippen molar-refractivity contribution in [3.05, 3.63) is 24.0 Å². The normalized spacial score (nSPS) is 14.7. The molecule has 0 fully saturated rings. The topological polar surface area (TPSA) is 80.3 Å². The number of hydrogen-bond acceptors (Lipinski definition) is 3. The van der Waals surface area contributed by atoms with Gasteiger partial charge in [-0.05, 0) is 19.1 Å². The van der Waals surface area contributed by atoms with E-state index in [4.69, 9.17) is 10.8 Å². The van der Waals surface area contributed by atoms with Crippen molar-refractivity contribution in [2.24, 2.45) is 12.8 Å². The number of nitrogens with zero attached hydrogens (tertiary/aromatic N) is 1. The quantitative estimate of drug-likeness (QED) is 0.626. The number of hydrogen-bond donors (Lipinski definition) is 3. The number of aliphatic hydroxyl groups is 1. The lowest BCUT2D eigenvalue weighted by Crippen LogP contribution is -2.43. The van der Waals surface area contributed by atoms with Crippen molar-refractivity contribution in [1.82, 2.24) is 9.88 Å². The number of amides is 1. The molecule has 1 amide bonds. The molecule has 1 heterocycles. The van der Waals surface area contributed by atoms with E-state index in [0.717, 1.165) is 0 Å². The molecule has 0 saturated heterocycles. The fourth-order valence-corrected chi connectivity index (χ4v) is 1.17. The van der Waals surface area contributed by atoms with Crippen molar-refractivity contribution < 1.29 is 9.90 Å². The summed E-state index contributed by atoms with van der Waals surface area (Å²) in [4.78, 5) is 11.6. The van der Waals surface area contributed by atoms with Gasteiger partial charge >= 0.3 is 0 Å². The average Bonchev–Trinajstić information content (AvgIpc) is 2.60. The lowest BCUT2D eigenvalue weighted by molar-refractivity contribution is 0.0929. The Hall–Kier alpha value is -1.33. The molecule has 0 radical (unpaired) electrons. The molecule has 2 unspecified atom stereocenters. The van der Waals surface area contributed by atoms with E-state index in [-0.39, 0.29) is 12.5 Å². The second-order valence-corrected chi connectivity index (χ2v) is 3.62. The molecule has 1 aromatic heterocycles. The van der Waals surface area contributed by atoms with Crippen molar-refractivity contribution in [3.8, 4) is 0 Å². The van der Waals surface area contributed by atoms with E-state index in [1.807, 2.05) is 0 Å². The van der Waals surface area contributed by atoms with Crippen LogP contribution in [0.4, 0.5) is 0 Å². The fourth-order valence-electron chi connectivity index (χ4n) is 1.17. The predicted octanol–water partition coefficient (Wildman–Crippen LogP) is -0.537. The molecule has 5 heteroatoms. The molecular formula is C10H17N3O2. The highest BCUT2D eigenvalue weighted by Crippen LogP contribution is 1.99. The maximum Gasteiger partial charge on any atom is 0.267 e. The minimum Gasteiger partial charge on any atom is -0.392 e. The zero-order valence-corrected chi connectivity index (χ0v) is 8.97. The van der Waals surface area contributed by atoms with E-state index in [9.17, 15) is 4.79 Å². The van der Waals surface area contributed by atoms with Gasteiger partial charge in [-0.1, -0.05) is 0 Å². The van der Waals surface area contributed by atoms with Crippen LogP contribution in [-0.4, -0.2) is 34.3 Å². The Morgan fingerprint density at radius 1 is 1.73 bits per heavy atom. The summed E-state index contributed by atoms with van der Waals surface area (Å²) in [5.74, 6) is -0.182. The highest BCUT2D eigenvalue weighted by molar-refractivity contribution is 5.92. The summed E-state index contributed by atoms with van der Waals surface area (Å²) in [6.45, 7) is 1.86. The van der Waals surface area contributed by atoms with Crippen molar-refractivity contribution in [2.45, 2.75) is 19.1 Å². The van der Waals surface area contributed by atoms with Crippen LogP contribution in [0.15, 0.2) is 18.3 Å². The van der Waals surface area contributed by atoms with Gasteiger partial charge in [0.2, 0.25) is 0 Å². The van der Waals surface area contributed by atoms with Gasteiger partial charge in [0, 0.05) is 25.8 Å². The molecule has 0 spiro atoms. The molecular weight excluding hydrogens is 194 g/mol. The third-order valence-electron chi connectivity index (χ3n) is 2.29. The summed E-state index contributed by atoms with van der Waals surface area (Å²) in [6, 6.07) is 3.08. The molecule has 4 N–H and O–H groups in total. The first-order chi connectivity index (χ1) is 7.02. The summed E-state index contributed by atoms with van der Waals surface area (Å²) in [7, 11) is 1.80. The predicted molar refractivity (Wildman–Crippen MR) is 57.4 cm³/mol. The van der Waals surface area contributed by atoms with Gasteiger partial charge in [0.15, 0.2) is 0 Å². The Kier molecular flexibility index (Phi) is 3.88. The van der Waals surface area contributed by atoms with E-state index in [2.05, 4.69) is 5.32 Å². The number of carbonyl (C=O) groups excluding carboxylic acids is 1. The number of aryl methyl sites for hydroxylation is 1. The van der Waals surface area contributed by atoms with Crippen LogP contribution < -0.4 is 11.1 Å². The zero-order valence-electron chi connectivity index (χ0n) is 8.97. The largest absolute Gasteiger partial charge is 0.392 e. The van der Waals surface area contributed by atoms with Crippen LogP contribution in [0.2, 0.25) is 0 Å². The van der Waals surface area contributed by atoms with Crippen LogP contribution in [0.25, 0.3) is 0 Å². The minimum atomic E-state index is -0.626. The Morgan fingerprint density at radius 3 is 2.87 bits per heavy atom. The average molecular weight is 211 g/mol. The highest BCUT2D eigenvalue weighted by Gasteiger charge is 2.13. The molecule has 2 atom stereocenters. The van der Waals surface area contributed by atoms with Gasteiger partial charge in [-0.2, -0.15) is 0 Å². The Bertz CT molecular complexity index is 333. The lowest BCUT2D eigenvalue weighted by Gasteiger charge is -2.15. The van der Waals surface area contributed by atoms with Crippen molar-refractivity contribution in [3.63, 3.8) is 0 Å². The first-order valence-corrected chi connectivity index (χ1v) is 4.85. The van der Waals surface area contributed by atoms with E-state index in [1.165, 1.54) is 0 Å². The number of nitrogens with two attached hydrogens (primary N) is 1. The minimum absolute atomic E-state index is 0.182. The fraction of sp³-hybridized carbons (Fsp3) is 0.500. The summed E-state index contributed by atoms with van der Waals surface area (Å²) in [6.07, 6.45) is 1.17. The van der Waals surface area contributed by atoms with Crippen LogP contribution in [0.1, 0.15) is 17.4 Å². The zero-order chi connectivity index (χ0) is 11.4. The van der Waals surface area contributed by atoms with Crippen LogP contribution in [0.5, 0.6) is 0 Å². The Morgan fingerprint density at radius 2 is 2.40 bits per heavy atom. The van der Waals surface area contributed by atoms with Crippen molar-refractivity contribution >= 4 is 5.91 Å². The van der Waals surface area contributed by atoms with Crippen LogP contribution in [0, 0.1) is 0 Å². The number of rotatable bonds is 4. The smallest absolute Gasteiger partial charge is 0.267 e. The Balaban J connectivity index is 2.47. The van der Waals surface area contributed by atoms with Gasteiger partial charge in [0.05, 0.1) is 6.10 Å². The van der Waals surface area contributed by atoms with Crippen molar-refractivity contribution in [1.29, 1.82) is 0 Å². The molecule has 0 aliphatic carbocycles. The molecule has 15 heavy (non-hydrogen) atoms. The SMILES string of the molecule is CC(O)C(N)CNC(=O)c1cccn1C. The van der Waals surface area contributed by atoms with Gasteiger partial charge in [0.1, 0.15) is 5.69 Å². The molecule has 1 aromatic rings. The summed E-state index contributed by atoms with van der Waals surface area (Å²) >= 11 is 0. The highest BCUT2D eigenvalue weighted by atomic mass is 16.3. The number of aliphatic hydroxyl groups excluding tert-OH is 1. The summed E-state index contributed by atoms with van der Waals surface area (Å²) < 4.78 is 1.73. The molecule has 0 aliphatic rings. The van der Waals surface area contributed by atoms with Crippen LogP contribution in [-0.2, 0) is 7.05 Å². The van der Waals surface area contributed by atoms with E-state index in [0.29, 0.717) is 5.69 Å². The number of aromatic nitrogens is 1. The van der Waals surface area contributed by atoms with E-state index >= 15 is 0 Å². The molecule has 0 aliphatic heterocycles. The second kappa shape index (κ2) is 4.95. The van der Waals surface area contributed by atoms with Gasteiger partial charge in [-0.3, -0.25) is 4.79 Å². The molecule has 0 bridgehead atoms. The van der Waals surface area contributed by atoms with Crippen LogP contribution in [0.3, 0.4) is 0 Å². The standard InChI is InChI=1S/C10H17N3O2/c1-7(14)8(11)6-12-10(15)9-4-3-5-13(9)2/h3-5,7-8,14H,6,11H2,1-2H3,(H,12,15). The first-order valence-electron chi connectivity index (χ1n) is 4.85. The second-order valence-electron chi connectivity index (χ2n) is 3.62. The maximum atomic E-state index is 11.6. The third-order valence-corrected chi connectivity index (χ3v) is 2.29. The molecule has 0 aromatic carbocycles. The lowest BCUT2D eigenvalue weighted by atomic mass is 10.2. The van der Waals surface area contributed by atoms with Gasteiger partial charge in [-0.25, -0.2) is 0 Å². The number of carbonyl (C=O) groups is 1. The summed E-state index contributed by atoms with van der Waals surface area (Å²) in [5, 5.41) is 11.8. The molecule has 0 saturated carbocycles. The molecule has 1 rings (SSSR count). The number of nitrogens with one attached hydrogen (secondary N) is 1. The van der Waals surface area contributed by atoms with Gasteiger partial charge in [0.25, 0.3) is 5.91 Å². The van der Waals surface area contributed by atoms with E-state index in [1.54, 1.807) is 36.9 Å². The third kappa shape index (κ3) is 3.07. The van der Waals surface area contributed by atoms with Gasteiger partial charge in [-0.15, -0.1) is 0 Å². The van der Waals surface area contributed by atoms with E-state index < -0.39 is 12.1 Å². The van der Waals surface area contributed by atoms with Crippen LogP contribution >= 0.6 is 0 Å². The van der Waals surface area contributed by atoms with Gasteiger partial charge < -0.3 is 20.7 Å².